The lowest BCUT2D eigenvalue weighted by Gasteiger charge is -2.21. The molecular weight excluding hydrogens is 228 g/mol. The molecule has 7 nitrogen and oxygen atoms in total. The van der Waals surface area contributed by atoms with Crippen LogP contribution in [0.5, 0.6) is 17.2 Å². The zero-order chi connectivity index (χ0) is 12.3. The fraction of sp³-hybridized carbons (Fsp3) is 0.300. The number of carboxylic acids is 1. The van der Waals surface area contributed by atoms with Crippen LogP contribution in [0.3, 0.4) is 0 Å². The minimum Gasteiger partial charge on any atom is -0.504 e. The number of nitrogens with two attached hydrogens (primary N) is 1. The van der Waals surface area contributed by atoms with Crippen molar-refractivity contribution < 1.29 is 24.9 Å². The van der Waals surface area contributed by atoms with Crippen LogP contribution in [0.25, 0.3) is 0 Å². The van der Waals surface area contributed by atoms with Gasteiger partial charge in [0.1, 0.15) is 0 Å². The summed E-state index contributed by atoms with van der Waals surface area (Å²) in [5, 5.41) is 26.3. The predicted octanol–water partition coefficient (Wildman–Crippen LogP) is 0.202. The van der Waals surface area contributed by atoms with Gasteiger partial charge < -0.3 is 31.9 Å². The molecule has 2 aliphatic carbocycles. The quantitative estimate of drug-likeness (QED) is 0.506. The summed E-state index contributed by atoms with van der Waals surface area (Å²) in [6.07, 6.45) is 0.657. The van der Waals surface area contributed by atoms with E-state index in [4.69, 9.17) is 9.84 Å². The largest absolute Gasteiger partial charge is 0.504 e. The van der Waals surface area contributed by atoms with Crippen LogP contribution < -0.4 is 16.6 Å². The Balaban J connectivity index is 0.000000373. The summed E-state index contributed by atoms with van der Waals surface area (Å²) in [7, 11) is 1.42. The maximum Gasteiger partial charge on any atom is 0.317 e. The Labute approximate surface area is 98.0 Å². The Morgan fingerprint density at radius 3 is 1.94 bits per heavy atom. The van der Waals surface area contributed by atoms with E-state index in [2.05, 4.69) is 5.73 Å². The molecule has 0 aliphatic heterocycles. The summed E-state index contributed by atoms with van der Waals surface area (Å²) >= 11 is 0. The number of aromatic hydroxyl groups is 2. The van der Waals surface area contributed by atoms with Gasteiger partial charge in [-0.1, -0.05) is 0 Å². The second-order valence-corrected chi connectivity index (χ2v) is 3.20. The molecule has 2 aliphatic rings. The molecule has 0 fully saturated rings. The van der Waals surface area contributed by atoms with E-state index in [-0.39, 0.29) is 29.9 Å². The SMILES string of the molecule is COc1c(O)c2cc(c1O)C2.N.NCC(=O)O. The first-order chi connectivity index (χ1) is 7.51. The van der Waals surface area contributed by atoms with Gasteiger partial charge in [-0.25, -0.2) is 0 Å². The summed E-state index contributed by atoms with van der Waals surface area (Å²) in [6, 6.07) is 1.76. The number of benzene rings is 1. The molecule has 0 radical (unpaired) electrons. The number of ether oxygens (including phenoxy) is 1. The van der Waals surface area contributed by atoms with Gasteiger partial charge in [-0.05, 0) is 6.07 Å². The first-order valence-electron chi connectivity index (χ1n) is 4.53. The molecule has 96 valence electrons. The van der Waals surface area contributed by atoms with Crippen molar-refractivity contribution in [3.8, 4) is 17.2 Å². The lowest BCUT2D eigenvalue weighted by atomic mass is 9.90. The molecule has 0 amide bonds. The average molecular weight is 244 g/mol. The second-order valence-electron chi connectivity index (χ2n) is 3.20. The summed E-state index contributed by atoms with van der Waals surface area (Å²) in [5.41, 5.74) is 6.26. The van der Waals surface area contributed by atoms with Crippen LogP contribution in [0.15, 0.2) is 6.07 Å². The summed E-state index contributed by atoms with van der Waals surface area (Å²) in [5.74, 6) is -0.631. The maximum absolute atomic E-state index is 9.34. The highest BCUT2D eigenvalue weighted by Crippen LogP contribution is 2.48. The standard InChI is InChI=1S/C8H8O3.C2H5NO2.H3N/c1-11-8-6(9)4-2-5(3-4)7(8)10;3-1-2(4)5;/h2,9-10H,3H2,1H3;1,3H2,(H,4,5);1H3. The molecule has 8 N–H and O–H groups in total. The van der Waals surface area contributed by atoms with Crippen molar-refractivity contribution in [3.63, 3.8) is 0 Å². The van der Waals surface area contributed by atoms with Gasteiger partial charge in [0.2, 0.25) is 5.75 Å². The van der Waals surface area contributed by atoms with E-state index in [1.807, 2.05) is 0 Å². The number of aliphatic carboxylic acids is 1. The van der Waals surface area contributed by atoms with Crippen molar-refractivity contribution in [2.75, 3.05) is 13.7 Å². The molecule has 3 rings (SSSR count). The van der Waals surface area contributed by atoms with E-state index in [0.29, 0.717) is 6.42 Å². The number of phenolic OH excluding ortho intramolecular Hbond substituents is 2. The highest BCUT2D eigenvalue weighted by atomic mass is 16.5. The number of carbonyl (C=O) groups is 1. The molecule has 2 bridgehead atoms. The highest BCUT2D eigenvalue weighted by Gasteiger charge is 2.25. The van der Waals surface area contributed by atoms with E-state index in [0.717, 1.165) is 11.1 Å². The molecular formula is C10H16N2O5. The van der Waals surface area contributed by atoms with Crippen molar-refractivity contribution in [3.05, 3.63) is 17.2 Å². The van der Waals surface area contributed by atoms with Crippen LogP contribution in [-0.2, 0) is 11.2 Å². The number of methoxy groups -OCH3 is 1. The molecule has 0 aromatic heterocycles. The van der Waals surface area contributed by atoms with Crippen molar-refractivity contribution in [2.45, 2.75) is 6.42 Å². The number of rotatable bonds is 2. The van der Waals surface area contributed by atoms with Crippen molar-refractivity contribution in [2.24, 2.45) is 5.73 Å². The van der Waals surface area contributed by atoms with E-state index < -0.39 is 5.97 Å². The van der Waals surface area contributed by atoms with Gasteiger partial charge in [-0.15, -0.1) is 0 Å². The lowest BCUT2D eigenvalue weighted by Crippen LogP contribution is -2.10. The summed E-state index contributed by atoms with van der Waals surface area (Å²) in [4.78, 5) is 9.24. The molecule has 1 aromatic rings. The van der Waals surface area contributed by atoms with Gasteiger partial charge >= 0.3 is 5.97 Å². The van der Waals surface area contributed by atoms with Gasteiger partial charge in [0, 0.05) is 17.5 Å². The van der Waals surface area contributed by atoms with Crippen LogP contribution in [0.4, 0.5) is 0 Å². The lowest BCUT2D eigenvalue weighted by molar-refractivity contribution is -0.135. The molecule has 1 aromatic carbocycles. The first kappa shape index (κ1) is 15.0. The number of carboxylic acid groups (broad SMARTS) is 1. The number of hydrogen-bond donors (Lipinski definition) is 5. The maximum atomic E-state index is 9.34. The summed E-state index contributed by atoms with van der Waals surface area (Å²) in [6.45, 7) is -0.278. The van der Waals surface area contributed by atoms with Crippen LogP contribution >= 0.6 is 0 Å². The van der Waals surface area contributed by atoms with Crippen LogP contribution in [0.2, 0.25) is 0 Å². The molecule has 0 heterocycles. The highest BCUT2D eigenvalue weighted by molar-refractivity contribution is 5.68. The minimum atomic E-state index is -0.968. The topological polar surface area (TPSA) is 148 Å². The van der Waals surface area contributed by atoms with Crippen LogP contribution in [0, 0.1) is 0 Å². The minimum absolute atomic E-state index is 0. The molecule has 0 spiro atoms. The molecule has 0 unspecified atom stereocenters. The molecule has 0 saturated heterocycles. The van der Waals surface area contributed by atoms with Gasteiger partial charge in [-0.2, -0.15) is 0 Å². The Morgan fingerprint density at radius 1 is 1.41 bits per heavy atom. The Kier molecular flexibility index (Phi) is 5.23. The number of fused-ring (bicyclic) bond motifs is 2. The Morgan fingerprint density at radius 2 is 1.76 bits per heavy atom. The van der Waals surface area contributed by atoms with E-state index in [9.17, 15) is 15.0 Å². The summed E-state index contributed by atoms with van der Waals surface area (Å²) < 4.78 is 4.80. The third-order valence-corrected chi connectivity index (χ3v) is 2.15. The van der Waals surface area contributed by atoms with Crippen molar-refractivity contribution >= 4 is 5.97 Å². The van der Waals surface area contributed by atoms with Gasteiger partial charge in [-0.3, -0.25) is 4.79 Å². The Hall–Kier alpha value is -1.99. The molecule has 17 heavy (non-hydrogen) atoms. The van der Waals surface area contributed by atoms with Crippen LogP contribution in [-0.4, -0.2) is 34.9 Å². The van der Waals surface area contributed by atoms with Crippen LogP contribution in [0.1, 0.15) is 11.1 Å². The van der Waals surface area contributed by atoms with Crippen molar-refractivity contribution in [1.82, 2.24) is 6.15 Å². The second kappa shape index (κ2) is 5.92. The van der Waals surface area contributed by atoms with E-state index >= 15 is 0 Å². The predicted molar refractivity (Wildman–Crippen MR) is 60.8 cm³/mol. The third kappa shape index (κ3) is 2.99. The third-order valence-electron chi connectivity index (χ3n) is 2.15. The zero-order valence-electron chi connectivity index (χ0n) is 9.43. The van der Waals surface area contributed by atoms with E-state index in [1.54, 1.807) is 6.07 Å². The Bertz CT molecular complexity index is 393. The van der Waals surface area contributed by atoms with Gasteiger partial charge in [0.25, 0.3) is 0 Å². The normalized spacial score (nSPS) is 10.2. The van der Waals surface area contributed by atoms with Gasteiger partial charge in [0.15, 0.2) is 11.5 Å². The monoisotopic (exact) mass is 244 g/mol. The van der Waals surface area contributed by atoms with Gasteiger partial charge in [0.05, 0.1) is 13.7 Å². The fourth-order valence-electron chi connectivity index (χ4n) is 1.29. The number of phenols is 2. The molecule has 0 atom stereocenters. The smallest absolute Gasteiger partial charge is 0.317 e. The number of hydrogen-bond acceptors (Lipinski definition) is 6. The molecule has 7 heteroatoms. The first-order valence-corrected chi connectivity index (χ1v) is 4.53. The van der Waals surface area contributed by atoms with Crippen molar-refractivity contribution in [1.29, 1.82) is 0 Å². The fourth-order valence-corrected chi connectivity index (χ4v) is 1.29. The average Bonchev–Trinajstić information content (AvgIpc) is 2.16. The zero-order valence-corrected chi connectivity index (χ0v) is 9.43. The van der Waals surface area contributed by atoms with E-state index in [1.165, 1.54) is 7.11 Å². The molecule has 0 saturated carbocycles.